The van der Waals surface area contributed by atoms with E-state index in [1.165, 1.54) is 29.6 Å². The summed E-state index contributed by atoms with van der Waals surface area (Å²) in [5, 5.41) is 22.4. The average Bonchev–Trinajstić information content (AvgIpc) is 3.53. The molecule has 0 aliphatic carbocycles. The molecule has 220 valence electrons. The van der Waals surface area contributed by atoms with E-state index in [9.17, 15) is 15.0 Å². The van der Waals surface area contributed by atoms with Crippen molar-refractivity contribution in [3.8, 4) is 0 Å². The van der Waals surface area contributed by atoms with Crippen LogP contribution in [-0.4, -0.2) is 83.9 Å². The fourth-order valence-corrected chi connectivity index (χ4v) is 5.68. The first-order valence-electron chi connectivity index (χ1n) is 14.1. The number of amides is 1. The molecule has 11 nitrogen and oxygen atoms in total. The summed E-state index contributed by atoms with van der Waals surface area (Å²) in [6.45, 7) is 3.47. The number of fused-ring (bicyclic) bond motifs is 1. The van der Waals surface area contributed by atoms with E-state index in [1.54, 1.807) is 0 Å². The van der Waals surface area contributed by atoms with Crippen LogP contribution in [0.15, 0.2) is 43.1 Å². The van der Waals surface area contributed by atoms with Gasteiger partial charge < -0.3 is 29.9 Å². The number of halogens is 2. The molecule has 0 saturated carbocycles. The number of hydrogen-bond acceptors (Lipinski definition) is 9. The Morgan fingerprint density at radius 3 is 2.40 bits per heavy atom. The minimum Gasteiger partial charge on any atom is -0.388 e. The largest absolute Gasteiger partial charge is 0.388 e. The van der Waals surface area contributed by atoms with E-state index in [0.717, 1.165) is 37.3 Å². The van der Waals surface area contributed by atoms with Gasteiger partial charge in [0, 0.05) is 56.4 Å². The van der Waals surface area contributed by atoms with Gasteiger partial charge in [0.25, 0.3) is 5.91 Å². The maximum absolute atomic E-state index is 15.3. The molecule has 2 fully saturated rings. The summed E-state index contributed by atoms with van der Waals surface area (Å²) in [4.78, 5) is 33.7. The quantitative estimate of drug-likeness (QED) is 0.302. The molecule has 2 aliphatic rings. The van der Waals surface area contributed by atoms with Gasteiger partial charge in [-0.25, -0.2) is 28.7 Å². The van der Waals surface area contributed by atoms with Gasteiger partial charge in [-0.1, -0.05) is 13.3 Å². The number of likely N-dealkylation sites (tertiary alicyclic amines) is 1. The predicted molar refractivity (Wildman–Crippen MR) is 152 cm³/mol. The van der Waals surface area contributed by atoms with Crippen LogP contribution in [0.2, 0.25) is 0 Å². The minimum absolute atomic E-state index is 0.0000191. The molecular formula is C29H32F2N8O3. The molecule has 2 aliphatic heterocycles. The lowest BCUT2D eigenvalue weighted by Crippen LogP contribution is -2.35. The van der Waals surface area contributed by atoms with Gasteiger partial charge in [-0.15, -0.1) is 0 Å². The number of aromatic nitrogens is 5. The van der Waals surface area contributed by atoms with Crippen LogP contribution in [0.1, 0.15) is 48.1 Å². The molecule has 0 bridgehead atoms. The Balaban J connectivity index is 1.17. The summed E-state index contributed by atoms with van der Waals surface area (Å²) in [5.41, 5.74) is 1.60. The third-order valence-electron chi connectivity index (χ3n) is 7.95. The van der Waals surface area contributed by atoms with Gasteiger partial charge in [-0.2, -0.15) is 0 Å². The van der Waals surface area contributed by atoms with Crippen LogP contribution in [-0.2, 0) is 6.42 Å². The zero-order valence-electron chi connectivity index (χ0n) is 23.1. The third kappa shape index (κ3) is 5.37. The summed E-state index contributed by atoms with van der Waals surface area (Å²) in [5.74, 6) is -0.961. The molecule has 1 amide bonds. The van der Waals surface area contributed by atoms with Crippen molar-refractivity contribution >= 4 is 34.4 Å². The van der Waals surface area contributed by atoms with Crippen LogP contribution in [0.4, 0.5) is 26.2 Å². The Hall–Kier alpha value is -4.23. The second-order valence-corrected chi connectivity index (χ2v) is 10.8. The van der Waals surface area contributed by atoms with Crippen molar-refractivity contribution in [2.45, 2.75) is 50.9 Å². The van der Waals surface area contributed by atoms with Crippen molar-refractivity contribution in [2.24, 2.45) is 0 Å². The fraction of sp³-hybridized carbons (Fsp3) is 0.414. The SMILES string of the molecule is CCCc1cnc(N2CCC(n3cc(F)c4c(Nc5ccc(C(=O)N6C[C@H](O)[C@@H](O)C6)cc5F)ncnc43)CC2)nc1. The molecule has 1 aromatic carbocycles. The average molecular weight is 579 g/mol. The highest BCUT2D eigenvalue weighted by atomic mass is 19.1. The second-order valence-electron chi connectivity index (χ2n) is 10.8. The van der Waals surface area contributed by atoms with Gasteiger partial charge in [-0.3, -0.25) is 4.79 Å². The van der Waals surface area contributed by atoms with E-state index in [2.05, 4.69) is 37.1 Å². The highest BCUT2D eigenvalue weighted by Gasteiger charge is 2.33. The standard InChI is InChI=1S/C29H32F2N8O3/c1-2-3-17-11-32-29(33-12-17)37-8-6-19(7-9-37)39-13-21(31)25-26(34-16-35-27(25)39)36-22-5-4-18(10-20(22)30)28(42)38-14-23(40)24(41)15-38/h4-5,10-13,16,19,23-24,40-41H,2-3,6-9,14-15H2,1H3,(H,34,35,36)/t23-,24-/m0/s1. The molecule has 13 heteroatoms. The summed E-state index contributed by atoms with van der Waals surface area (Å²) in [7, 11) is 0. The number of aliphatic hydroxyl groups excluding tert-OH is 2. The zero-order valence-corrected chi connectivity index (χ0v) is 23.1. The van der Waals surface area contributed by atoms with Gasteiger partial charge in [0.15, 0.2) is 5.82 Å². The number of aryl methyl sites for hydroxylation is 1. The molecule has 0 radical (unpaired) electrons. The lowest BCUT2D eigenvalue weighted by molar-refractivity contribution is 0.0572. The molecule has 3 N–H and O–H groups in total. The summed E-state index contributed by atoms with van der Waals surface area (Å²) >= 11 is 0. The Labute approximate surface area is 240 Å². The highest BCUT2D eigenvalue weighted by molar-refractivity contribution is 5.95. The molecule has 0 spiro atoms. The van der Waals surface area contributed by atoms with Crippen LogP contribution in [0.3, 0.4) is 0 Å². The normalized spacial score (nSPS) is 19.5. The Kier molecular flexibility index (Phi) is 7.69. The number of piperidine rings is 1. The molecule has 6 rings (SSSR count). The smallest absolute Gasteiger partial charge is 0.254 e. The van der Waals surface area contributed by atoms with Gasteiger partial charge in [0.05, 0.1) is 23.3 Å². The first-order valence-corrected chi connectivity index (χ1v) is 14.1. The molecule has 2 saturated heterocycles. The molecule has 5 heterocycles. The van der Waals surface area contributed by atoms with E-state index in [1.807, 2.05) is 17.0 Å². The van der Waals surface area contributed by atoms with E-state index < -0.39 is 29.7 Å². The van der Waals surface area contributed by atoms with Gasteiger partial charge in [0.1, 0.15) is 23.6 Å². The summed E-state index contributed by atoms with van der Waals surface area (Å²) < 4.78 is 32.2. The highest BCUT2D eigenvalue weighted by Crippen LogP contribution is 2.33. The number of carbonyl (C=O) groups excluding carboxylic acids is 1. The van der Waals surface area contributed by atoms with E-state index in [4.69, 9.17) is 0 Å². The topological polar surface area (TPSA) is 133 Å². The number of nitrogens with one attached hydrogen (secondary N) is 1. The first kappa shape index (κ1) is 27.9. The molecule has 4 aromatic rings. The van der Waals surface area contributed by atoms with Crippen molar-refractivity contribution in [1.82, 2.24) is 29.4 Å². The monoisotopic (exact) mass is 578 g/mol. The predicted octanol–water partition coefficient (Wildman–Crippen LogP) is 3.21. The van der Waals surface area contributed by atoms with Crippen molar-refractivity contribution in [1.29, 1.82) is 0 Å². The van der Waals surface area contributed by atoms with Crippen LogP contribution < -0.4 is 10.2 Å². The van der Waals surface area contributed by atoms with Gasteiger partial charge >= 0.3 is 0 Å². The number of carbonyl (C=O) groups is 1. The number of hydrogen-bond donors (Lipinski definition) is 3. The summed E-state index contributed by atoms with van der Waals surface area (Å²) in [6, 6.07) is 3.87. The third-order valence-corrected chi connectivity index (χ3v) is 7.95. The van der Waals surface area contributed by atoms with Crippen molar-refractivity contribution in [3.63, 3.8) is 0 Å². The molecular weight excluding hydrogens is 546 g/mol. The Morgan fingerprint density at radius 2 is 1.74 bits per heavy atom. The lowest BCUT2D eigenvalue weighted by atomic mass is 10.1. The van der Waals surface area contributed by atoms with Crippen molar-refractivity contribution < 1.29 is 23.8 Å². The lowest BCUT2D eigenvalue weighted by Gasteiger charge is -2.32. The minimum atomic E-state index is -1.04. The number of benzene rings is 1. The van der Waals surface area contributed by atoms with E-state index in [-0.39, 0.29) is 41.6 Å². The van der Waals surface area contributed by atoms with Gasteiger partial charge in [-0.05, 0) is 43.0 Å². The number of aliphatic hydroxyl groups is 2. The second kappa shape index (κ2) is 11.6. The molecule has 42 heavy (non-hydrogen) atoms. The Morgan fingerprint density at radius 1 is 1.02 bits per heavy atom. The first-order chi connectivity index (χ1) is 20.3. The van der Waals surface area contributed by atoms with Gasteiger partial charge in [0.2, 0.25) is 5.95 Å². The van der Waals surface area contributed by atoms with E-state index >= 15 is 8.78 Å². The van der Waals surface area contributed by atoms with Crippen LogP contribution in [0.25, 0.3) is 11.0 Å². The van der Waals surface area contributed by atoms with Crippen LogP contribution in [0, 0.1) is 11.6 Å². The number of β-amino-alcohol motifs (C(OH)–C–C–N with tert-alkyl or cyclic N) is 2. The van der Waals surface area contributed by atoms with Crippen molar-refractivity contribution in [2.75, 3.05) is 36.4 Å². The number of anilines is 3. The molecule has 2 atom stereocenters. The maximum Gasteiger partial charge on any atom is 0.254 e. The van der Waals surface area contributed by atoms with E-state index in [0.29, 0.717) is 24.7 Å². The number of rotatable bonds is 7. The van der Waals surface area contributed by atoms with Crippen LogP contribution >= 0.6 is 0 Å². The zero-order chi connectivity index (χ0) is 29.4. The summed E-state index contributed by atoms with van der Waals surface area (Å²) in [6.07, 6.45) is 7.86. The van der Waals surface area contributed by atoms with Crippen molar-refractivity contribution in [3.05, 3.63) is 65.9 Å². The maximum atomic E-state index is 15.3. The fourth-order valence-electron chi connectivity index (χ4n) is 5.68. The molecule has 3 aromatic heterocycles. The molecule has 0 unspecified atom stereocenters. The Bertz CT molecular complexity index is 1580. The number of nitrogens with zero attached hydrogens (tertiary/aromatic N) is 7. The van der Waals surface area contributed by atoms with Crippen LogP contribution in [0.5, 0.6) is 0 Å².